The summed E-state index contributed by atoms with van der Waals surface area (Å²) in [5.41, 5.74) is 0.558. The summed E-state index contributed by atoms with van der Waals surface area (Å²) in [6.07, 6.45) is 0.362. The highest BCUT2D eigenvalue weighted by Gasteiger charge is 2.33. The summed E-state index contributed by atoms with van der Waals surface area (Å²) >= 11 is 0. The molecule has 1 amide bonds. The second-order valence-electron chi connectivity index (χ2n) is 6.32. The third-order valence-corrected chi connectivity index (χ3v) is 3.76. The van der Waals surface area contributed by atoms with Gasteiger partial charge in [0.15, 0.2) is 0 Å². The number of carbonyl (C=O) groups is 1. The lowest BCUT2D eigenvalue weighted by molar-refractivity contribution is -0.157. The van der Waals surface area contributed by atoms with Gasteiger partial charge in [-0.3, -0.25) is 4.79 Å². The molecule has 1 aromatic rings. The van der Waals surface area contributed by atoms with Crippen molar-refractivity contribution in [3.63, 3.8) is 0 Å². The lowest BCUT2D eigenvalue weighted by atomic mass is 10.0. The quantitative estimate of drug-likeness (QED) is 0.856. The molecule has 0 spiro atoms. The average molecular weight is 307 g/mol. The minimum Gasteiger partial charge on any atom is -0.497 e. The molecule has 1 atom stereocenters. The fourth-order valence-electron chi connectivity index (χ4n) is 2.92. The van der Waals surface area contributed by atoms with Crippen molar-refractivity contribution in [2.45, 2.75) is 38.9 Å². The monoisotopic (exact) mass is 307 g/mol. The van der Waals surface area contributed by atoms with Crippen molar-refractivity contribution in [1.82, 2.24) is 4.90 Å². The number of hydrogen-bond donors (Lipinski definition) is 0. The van der Waals surface area contributed by atoms with Crippen molar-refractivity contribution in [1.29, 1.82) is 0 Å². The Labute approximate surface area is 132 Å². The van der Waals surface area contributed by atoms with E-state index in [1.54, 1.807) is 20.3 Å². The Morgan fingerprint density at radius 2 is 2.09 bits per heavy atom. The highest BCUT2D eigenvalue weighted by atomic mass is 16.5. The van der Waals surface area contributed by atoms with Crippen LogP contribution in [0.3, 0.4) is 0 Å². The Morgan fingerprint density at radius 3 is 2.68 bits per heavy atom. The van der Waals surface area contributed by atoms with Gasteiger partial charge in [0.05, 0.1) is 32.3 Å². The van der Waals surface area contributed by atoms with E-state index < -0.39 is 0 Å². The van der Waals surface area contributed by atoms with Gasteiger partial charge in [-0.05, 0) is 26.8 Å². The standard InChI is InChI=1S/C17H25NO4/c1-12-10-18(11-17(2,3)22-12)16(19)8-13-6-7-14(20-4)9-15(13)21-5/h6-7,9,12H,8,10-11H2,1-5H3/t12-/m1/s1. The molecule has 0 N–H and O–H groups in total. The van der Waals surface area contributed by atoms with Gasteiger partial charge >= 0.3 is 0 Å². The molecular formula is C17H25NO4. The third-order valence-electron chi connectivity index (χ3n) is 3.76. The van der Waals surface area contributed by atoms with Crippen molar-refractivity contribution < 1.29 is 19.0 Å². The van der Waals surface area contributed by atoms with Crippen LogP contribution in [0.1, 0.15) is 26.3 Å². The highest BCUT2D eigenvalue weighted by molar-refractivity contribution is 5.80. The van der Waals surface area contributed by atoms with E-state index in [0.29, 0.717) is 31.0 Å². The minimum absolute atomic E-state index is 0.0467. The maximum absolute atomic E-state index is 12.6. The van der Waals surface area contributed by atoms with Gasteiger partial charge in [-0.2, -0.15) is 0 Å². The summed E-state index contributed by atoms with van der Waals surface area (Å²) in [4.78, 5) is 14.5. The molecule has 122 valence electrons. The van der Waals surface area contributed by atoms with Crippen molar-refractivity contribution in [2.75, 3.05) is 27.3 Å². The highest BCUT2D eigenvalue weighted by Crippen LogP contribution is 2.26. The molecule has 1 fully saturated rings. The second-order valence-corrected chi connectivity index (χ2v) is 6.32. The molecular weight excluding hydrogens is 282 g/mol. The van der Waals surface area contributed by atoms with Crippen molar-refractivity contribution in [3.8, 4) is 11.5 Å². The van der Waals surface area contributed by atoms with E-state index in [-0.39, 0.29) is 17.6 Å². The molecule has 0 unspecified atom stereocenters. The number of morpholine rings is 1. The molecule has 1 heterocycles. The van der Waals surface area contributed by atoms with Crippen LogP contribution in [0.15, 0.2) is 18.2 Å². The van der Waals surface area contributed by atoms with Crippen LogP contribution in [0.2, 0.25) is 0 Å². The fourth-order valence-corrected chi connectivity index (χ4v) is 2.92. The summed E-state index contributed by atoms with van der Waals surface area (Å²) in [5, 5.41) is 0. The zero-order valence-electron chi connectivity index (χ0n) is 14.0. The smallest absolute Gasteiger partial charge is 0.227 e. The molecule has 1 aliphatic rings. The summed E-state index contributed by atoms with van der Waals surface area (Å²) < 4.78 is 16.4. The van der Waals surface area contributed by atoms with Gasteiger partial charge in [0, 0.05) is 24.7 Å². The zero-order valence-corrected chi connectivity index (χ0v) is 14.0. The largest absolute Gasteiger partial charge is 0.497 e. The Bertz CT molecular complexity index is 541. The van der Waals surface area contributed by atoms with Gasteiger partial charge in [0.25, 0.3) is 0 Å². The van der Waals surface area contributed by atoms with E-state index >= 15 is 0 Å². The van der Waals surface area contributed by atoms with Crippen molar-refractivity contribution >= 4 is 5.91 Å². The normalized spacial score (nSPS) is 20.6. The van der Waals surface area contributed by atoms with Crippen LogP contribution in [-0.2, 0) is 16.0 Å². The molecule has 5 heteroatoms. The summed E-state index contributed by atoms with van der Waals surface area (Å²) in [5.74, 6) is 1.48. The minimum atomic E-state index is -0.308. The number of nitrogens with zero attached hydrogens (tertiary/aromatic N) is 1. The van der Waals surface area contributed by atoms with Crippen LogP contribution in [0, 0.1) is 0 Å². The number of hydrogen-bond acceptors (Lipinski definition) is 4. The second kappa shape index (κ2) is 6.57. The van der Waals surface area contributed by atoms with Crippen LogP contribution in [0.25, 0.3) is 0 Å². The average Bonchev–Trinajstić information content (AvgIpc) is 2.45. The van der Waals surface area contributed by atoms with E-state index in [1.165, 1.54) is 0 Å². The first-order valence-electron chi connectivity index (χ1n) is 7.51. The maximum atomic E-state index is 12.6. The summed E-state index contributed by atoms with van der Waals surface area (Å²) in [6.45, 7) is 7.25. The van der Waals surface area contributed by atoms with Gasteiger partial charge in [-0.1, -0.05) is 6.07 Å². The lowest BCUT2D eigenvalue weighted by Crippen LogP contribution is -2.54. The number of amides is 1. The maximum Gasteiger partial charge on any atom is 0.227 e. The molecule has 5 nitrogen and oxygen atoms in total. The van der Waals surface area contributed by atoms with Gasteiger partial charge in [-0.25, -0.2) is 0 Å². The van der Waals surface area contributed by atoms with Crippen LogP contribution < -0.4 is 9.47 Å². The first kappa shape index (κ1) is 16.6. The van der Waals surface area contributed by atoms with Crippen LogP contribution >= 0.6 is 0 Å². The molecule has 1 aromatic carbocycles. The van der Waals surface area contributed by atoms with Crippen LogP contribution in [0.5, 0.6) is 11.5 Å². The number of carbonyl (C=O) groups excluding carboxylic acids is 1. The zero-order chi connectivity index (χ0) is 16.3. The first-order chi connectivity index (χ1) is 10.3. The first-order valence-corrected chi connectivity index (χ1v) is 7.51. The number of ether oxygens (including phenoxy) is 3. The van der Waals surface area contributed by atoms with Crippen molar-refractivity contribution in [3.05, 3.63) is 23.8 Å². The molecule has 2 rings (SSSR count). The Kier molecular flexibility index (Phi) is 4.96. The Balaban J connectivity index is 2.11. The predicted molar refractivity (Wildman–Crippen MR) is 84.5 cm³/mol. The Hall–Kier alpha value is -1.75. The van der Waals surface area contributed by atoms with Gasteiger partial charge < -0.3 is 19.1 Å². The fraction of sp³-hybridized carbons (Fsp3) is 0.588. The lowest BCUT2D eigenvalue weighted by Gasteiger charge is -2.41. The number of rotatable bonds is 4. The molecule has 1 saturated heterocycles. The van der Waals surface area contributed by atoms with E-state index in [2.05, 4.69) is 0 Å². The van der Waals surface area contributed by atoms with E-state index in [9.17, 15) is 4.79 Å². The number of methoxy groups -OCH3 is 2. The van der Waals surface area contributed by atoms with E-state index in [0.717, 1.165) is 5.56 Å². The molecule has 22 heavy (non-hydrogen) atoms. The summed E-state index contributed by atoms with van der Waals surface area (Å²) in [7, 11) is 3.21. The topological polar surface area (TPSA) is 48.0 Å². The number of benzene rings is 1. The molecule has 0 radical (unpaired) electrons. The molecule has 0 aliphatic carbocycles. The molecule has 0 saturated carbocycles. The summed E-state index contributed by atoms with van der Waals surface area (Å²) in [6, 6.07) is 5.52. The Morgan fingerprint density at radius 1 is 1.36 bits per heavy atom. The SMILES string of the molecule is COc1ccc(CC(=O)N2C[C@@H](C)OC(C)(C)C2)c(OC)c1. The van der Waals surface area contributed by atoms with E-state index in [1.807, 2.05) is 37.8 Å². The van der Waals surface area contributed by atoms with Crippen LogP contribution in [0.4, 0.5) is 0 Å². The van der Waals surface area contributed by atoms with Gasteiger partial charge in [0.1, 0.15) is 11.5 Å². The van der Waals surface area contributed by atoms with Crippen LogP contribution in [-0.4, -0.2) is 49.8 Å². The van der Waals surface area contributed by atoms with E-state index in [4.69, 9.17) is 14.2 Å². The van der Waals surface area contributed by atoms with Gasteiger partial charge in [0.2, 0.25) is 5.91 Å². The molecule has 0 aromatic heterocycles. The third kappa shape index (κ3) is 3.91. The predicted octanol–water partition coefficient (Wildman–Crippen LogP) is 2.27. The molecule has 0 bridgehead atoms. The molecule has 1 aliphatic heterocycles. The van der Waals surface area contributed by atoms with Crippen molar-refractivity contribution in [2.24, 2.45) is 0 Å². The van der Waals surface area contributed by atoms with Gasteiger partial charge in [-0.15, -0.1) is 0 Å².